The van der Waals surface area contributed by atoms with Crippen molar-refractivity contribution in [1.82, 2.24) is 4.98 Å². The van der Waals surface area contributed by atoms with Gasteiger partial charge in [0.25, 0.3) is 5.91 Å². The van der Waals surface area contributed by atoms with Crippen LogP contribution in [0.3, 0.4) is 0 Å². The number of hydrogen-bond donors (Lipinski definition) is 1. The van der Waals surface area contributed by atoms with Crippen molar-refractivity contribution in [1.29, 1.82) is 5.26 Å². The van der Waals surface area contributed by atoms with Crippen molar-refractivity contribution >= 4 is 17.3 Å². The lowest BCUT2D eigenvalue weighted by Crippen LogP contribution is -2.19. The fourth-order valence-electron chi connectivity index (χ4n) is 2.58. The minimum absolute atomic E-state index is 0.267. The molecule has 22 heavy (non-hydrogen) atoms. The summed E-state index contributed by atoms with van der Waals surface area (Å²) in [6.45, 7) is 2.05. The lowest BCUT2D eigenvalue weighted by atomic mass is 10.2. The quantitative estimate of drug-likeness (QED) is 0.944. The lowest BCUT2D eigenvalue weighted by molar-refractivity contribution is 0.102. The van der Waals surface area contributed by atoms with Crippen molar-refractivity contribution in [3.63, 3.8) is 0 Å². The molecule has 1 aromatic carbocycles. The van der Waals surface area contributed by atoms with Crippen molar-refractivity contribution in [2.75, 3.05) is 23.3 Å². The van der Waals surface area contributed by atoms with Gasteiger partial charge in [0.2, 0.25) is 0 Å². The van der Waals surface area contributed by atoms with Crippen LogP contribution in [-0.2, 0) is 0 Å². The summed E-state index contributed by atoms with van der Waals surface area (Å²) in [4.78, 5) is 18.7. The molecular weight excluding hydrogens is 276 g/mol. The van der Waals surface area contributed by atoms with Gasteiger partial charge in [-0.25, -0.2) is 0 Å². The van der Waals surface area contributed by atoms with E-state index in [2.05, 4.69) is 21.3 Å². The third-order valence-corrected chi connectivity index (χ3v) is 3.70. The van der Waals surface area contributed by atoms with Gasteiger partial charge in [-0.2, -0.15) is 5.26 Å². The van der Waals surface area contributed by atoms with Crippen LogP contribution in [0, 0.1) is 11.3 Å². The fraction of sp³-hybridized carbons (Fsp3) is 0.235. The number of pyridine rings is 1. The molecule has 1 N–H and O–H groups in total. The average molecular weight is 292 g/mol. The number of anilines is 2. The van der Waals surface area contributed by atoms with Gasteiger partial charge in [-0.1, -0.05) is 6.07 Å². The summed E-state index contributed by atoms with van der Waals surface area (Å²) < 4.78 is 0. The van der Waals surface area contributed by atoms with E-state index in [9.17, 15) is 4.79 Å². The first-order valence-electron chi connectivity index (χ1n) is 7.29. The molecule has 2 aromatic rings. The summed E-state index contributed by atoms with van der Waals surface area (Å²) in [5, 5.41) is 11.7. The second-order valence-corrected chi connectivity index (χ2v) is 5.24. The van der Waals surface area contributed by atoms with E-state index in [0.29, 0.717) is 16.9 Å². The Labute approximate surface area is 129 Å². The topological polar surface area (TPSA) is 69.0 Å². The maximum Gasteiger partial charge on any atom is 0.274 e. The molecule has 110 valence electrons. The standard InChI is InChI=1S/C17H16N4O/c18-12-13-4-3-5-14(10-13)20-17(22)16-11-15(6-7-19-16)21-8-1-2-9-21/h3-7,10-11H,1-2,8-9H2,(H,20,22). The largest absolute Gasteiger partial charge is 0.371 e. The summed E-state index contributed by atoms with van der Waals surface area (Å²) in [5.74, 6) is -0.267. The summed E-state index contributed by atoms with van der Waals surface area (Å²) in [6, 6.07) is 12.6. The van der Waals surface area contributed by atoms with Crippen molar-refractivity contribution in [3.05, 3.63) is 53.9 Å². The van der Waals surface area contributed by atoms with Crippen molar-refractivity contribution in [2.24, 2.45) is 0 Å². The second-order valence-electron chi connectivity index (χ2n) is 5.24. The van der Waals surface area contributed by atoms with Crippen molar-refractivity contribution < 1.29 is 4.79 Å². The van der Waals surface area contributed by atoms with Gasteiger partial charge in [-0.05, 0) is 43.2 Å². The maximum atomic E-state index is 12.3. The predicted octanol–water partition coefficient (Wildman–Crippen LogP) is 2.81. The minimum atomic E-state index is -0.267. The number of nitrogens with zero attached hydrogens (tertiary/aromatic N) is 3. The van der Waals surface area contributed by atoms with Crippen LogP contribution in [0.25, 0.3) is 0 Å². The smallest absolute Gasteiger partial charge is 0.274 e. The summed E-state index contributed by atoms with van der Waals surface area (Å²) >= 11 is 0. The highest BCUT2D eigenvalue weighted by molar-refractivity contribution is 6.03. The summed E-state index contributed by atoms with van der Waals surface area (Å²) in [6.07, 6.45) is 4.03. The first-order chi connectivity index (χ1) is 10.8. The number of rotatable bonds is 3. The van der Waals surface area contributed by atoms with E-state index in [1.165, 1.54) is 12.8 Å². The molecular formula is C17H16N4O. The molecule has 5 nitrogen and oxygen atoms in total. The van der Waals surface area contributed by atoms with Crippen LogP contribution in [0.1, 0.15) is 28.9 Å². The molecule has 1 aliphatic rings. The minimum Gasteiger partial charge on any atom is -0.371 e. The number of hydrogen-bond acceptors (Lipinski definition) is 4. The highest BCUT2D eigenvalue weighted by Crippen LogP contribution is 2.20. The molecule has 0 aliphatic carbocycles. The second kappa shape index (κ2) is 6.27. The van der Waals surface area contributed by atoms with E-state index >= 15 is 0 Å². The van der Waals surface area contributed by atoms with Crippen LogP contribution in [0.2, 0.25) is 0 Å². The summed E-state index contributed by atoms with van der Waals surface area (Å²) in [5.41, 5.74) is 2.52. The molecule has 3 rings (SSSR count). The Morgan fingerprint density at radius 1 is 1.23 bits per heavy atom. The number of carbonyl (C=O) groups is 1. The third kappa shape index (κ3) is 3.07. The Morgan fingerprint density at radius 2 is 2.05 bits per heavy atom. The molecule has 0 unspecified atom stereocenters. The molecule has 0 radical (unpaired) electrons. The molecule has 0 saturated carbocycles. The Hall–Kier alpha value is -2.87. The normalized spacial score (nSPS) is 13.7. The van der Waals surface area contributed by atoms with Gasteiger partial charge in [0.15, 0.2) is 0 Å². The maximum absolute atomic E-state index is 12.3. The van der Waals surface area contributed by atoms with Crippen LogP contribution >= 0.6 is 0 Å². The SMILES string of the molecule is N#Cc1cccc(NC(=O)c2cc(N3CCCC3)ccn2)c1. The number of benzene rings is 1. The molecule has 1 aliphatic heterocycles. The molecule has 0 spiro atoms. The third-order valence-electron chi connectivity index (χ3n) is 3.70. The van der Waals surface area contributed by atoms with Crippen LogP contribution < -0.4 is 10.2 Å². The van der Waals surface area contributed by atoms with Crippen LogP contribution in [0.15, 0.2) is 42.6 Å². The first-order valence-corrected chi connectivity index (χ1v) is 7.29. The van der Waals surface area contributed by atoms with E-state index in [-0.39, 0.29) is 5.91 Å². The van der Waals surface area contributed by atoms with E-state index in [4.69, 9.17) is 5.26 Å². The molecule has 0 bridgehead atoms. The zero-order chi connectivity index (χ0) is 15.4. The highest BCUT2D eigenvalue weighted by atomic mass is 16.1. The number of carbonyl (C=O) groups excluding carboxylic acids is 1. The molecule has 5 heteroatoms. The molecule has 2 heterocycles. The lowest BCUT2D eigenvalue weighted by Gasteiger charge is -2.17. The van der Waals surface area contributed by atoms with Gasteiger partial charge >= 0.3 is 0 Å². The van der Waals surface area contributed by atoms with Crippen LogP contribution in [0.4, 0.5) is 11.4 Å². The van der Waals surface area contributed by atoms with Gasteiger partial charge in [0, 0.05) is 30.7 Å². The van der Waals surface area contributed by atoms with Crippen molar-refractivity contribution in [2.45, 2.75) is 12.8 Å². The zero-order valence-electron chi connectivity index (χ0n) is 12.1. The van der Waals surface area contributed by atoms with Gasteiger partial charge < -0.3 is 10.2 Å². The van der Waals surface area contributed by atoms with Crippen molar-refractivity contribution in [3.8, 4) is 6.07 Å². The van der Waals surface area contributed by atoms with E-state index in [1.54, 1.807) is 30.5 Å². The predicted molar refractivity (Wildman–Crippen MR) is 84.8 cm³/mol. The Kier molecular flexibility index (Phi) is 4.01. The summed E-state index contributed by atoms with van der Waals surface area (Å²) in [7, 11) is 0. The van der Waals surface area contributed by atoms with E-state index in [0.717, 1.165) is 18.8 Å². The van der Waals surface area contributed by atoms with Crippen LogP contribution in [-0.4, -0.2) is 24.0 Å². The number of nitriles is 1. The van der Waals surface area contributed by atoms with Gasteiger partial charge in [-0.3, -0.25) is 9.78 Å². The first kappa shape index (κ1) is 14.1. The average Bonchev–Trinajstić information content (AvgIpc) is 3.09. The van der Waals surface area contributed by atoms with E-state index < -0.39 is 0 Å². The Bertz CT molecular complexity index is 729. The van der Waals surface area contributed by atoms with Gasteiger partial charge in [0.1, 0.15) is 5.69 Å². The van der Waals surface area contributed by atoms with Gasteiger partial charge in [-0.15, -0.1) is 0 Å². The fourth-order valence-corrected chi connectivity index (χ4v) is 2.58. The highest BCUT2D eigenvalue weighted by Gasteiger charge is 2.15. The van der Waals surface area contributed by atoms with E-state index in [1.807, 2.05) is 12.1 Å². The molecule has 1 amide bonds. The number of aromatic nitrogens is 1. The molecule has 1 saturated heterocycles. The number of nitrogens with one attached hydrogen (secondary N) is 1. The molecule has 0 atom stereocenters. The van der Waals surface area contributed by atoms with Crippen LogP contribution in [0.5, 0.6) is 0 Å². The monoisotopic (exact) mass is 292 g/mol. The Morgan fingerprint density at radius 3 is 2.82 bits per heavy atom. The van der Waals surface area contributed by atoms with Gasteiger partial charge in [0.05, 0.1) is 11.6 Å². The molecule has 1 aromatic heterocycles. The number of amides is 1. The zero-order valence-corrected chi connectivity index (χ0v) is 12.1. The Balaban J connectivity index is 1.77. The molecule has 1 fully saturated rings.